The third-order valence-corrected chi connectivity index (χ3v) is 2.40. The standard InChI is InChI=1S/C13H11NO3/c15-12(16)8-11-13(17)10(6-7-14-11)9-4-2-1-3-5-9/h1-7,17H,8H2,(H,15,16). The van der Waals surface area contributed by atoms with Gasteiger partial charge in [0, 0.05) is 11.8 Å². The van der Waals surface area contributed by atoms with Crippen molar-refractivity contribution in [1.82, 2.24) is 4.98 Å². The highest BCUT2D eigenvalue weighted by Gasteiger charge is 2.12. The monoisotopic (exact) mass is 229 g/mol. The normalized spacial score (nSPS) is 10.1. The summed E-state index contributed by atoms with van der Waals surface area (Å²) in [6.45, 7) is 0. The number of carboxylic acid groups (broad SMARTS) is 1. The van der Waals surface area contributed by atoms with Crippen LogP contribution >= 0.6 is 0 Å². The molecule has 0 spiro atoms. The lowest BCUT2D eigenvalue weighted by Gasteiger charge is -2.07. The smallest absolute Gasteiger partial charge is 0.309 e. The van der Waals surface area contributed by atoms with Crippen LogP contribution in [-0.4, -0.2) is 21.2 Å². The Kier molecular flexibility index (Phi) is 3.05. The lowest BCUT2D eigenvalue weighted by atomic mass is 10.0. The summed E-state index contributed by atoms with van der Waals surface area (Å²) in [6.07, 6.45) is 1.22. The van der Waals surface area contributed by atoms with Crippen molar-refractivity contribution in [2.75, 3.05) is 0 Å². The zero-order valence-corrected chi connectivity index (χ0v) is 9.00. The number of nitrogens with zero attached hydrogens (tertiary/aromatic N) is 1. The topological polar surface area (TPSA) is 70.4 Å². The van der Waals surface area contributed by atoms with Gasteiger partial charge < -0.3 is 10.2 Å². The zero-order chi connectivity index (χ0) is 12.3. The first kappa shape index (κ1) is 11.1. The minimum atomic E-state index is -1.02. The van der Waals surface area contributed by atoms with Gasteiger partial charge in [-0.15, -0.1) is 0 Å². The van der Waals surface area contributed by atoms with Crippen molar-refractivity contribution in [2.24, 2.45) is 0 Å². The molecule has 0 aliphatic rings. The fourth-order valence-electron chi connectivity index (χ4n) is 1.62. The maximum absolute atomic E-state index is 10.6. The Balaban J connectivity index is 2.46. The molecule has 1 aromatic carbocycles. The van der Waals surface area contributed by atoms with E-state index in [0.29, 0.717) is 5.56 Å². The zero-order valence-electron chi connectivity index (χ0n) is 9.00. The van der Waals surface area contributed by atoms with Crippen molar-refractivity contribution in [2.45, 2.75) is 6.42 Å². The van der Waals surface area contributed by atoms with Gasteiger partial charge in [-0.1, -0.05) is 30.3 Å². The average Bonchev–Trinajstić information content (AvgIpc) is 2.32. The number of carbonyl (C=O) groups is 1. The molecule has 1 heterocycles. The number of hydrogen-bond donors (Lipinski definition) is 2. The first-order valence-corrected chi connectivity index (χ1v) is 5.12. The maximum Gasteiger partial charge on any atom is 0.309 e. The first-order chi connectivity index (χ1) is 8.18. The molecule has 0 saturated carbocycles. The van der Waals surface area contributed by atoms with Gasteiger partial charge >= 0.3 is 5.97 Å². The Morgan fingerprint density at radius 1 is 1.18 bits per heavy atom. The molecule has 4 nitrogen and oxygen atoms in total. The number of benzene rings is 1. The Morgan fingerprint density at radius 3 is 2.53 bits per heavy atom. The van der Waals surface area contributed by atoms with E-state index in [1.54, 1.807) is 6.07 Å². The highest BCUT2D eigenvalue weighted by Crippen LogP contribution is 2.30. The van der Waals surface area contributed by atoms with Crippen LogP contribution in [0.4, 0.5) is 0 Å². The lowest BCUT2D eigenvalue weighted by molar-refractivity contribution is -0.136. The maximum atomic E-state index is 10.6. The molecule has 2 rings (SSSR count). The summed E-state index contributed by atoms with van der Waals surface area (Å²) in [5, 5.41) is 18.7. The van der Waals surface area contributed by atoms with Gasteiger partial charge in [0.15, 0.2) is 0 Å². The molecule has 0 atom stereocenters. The van der Waals surface area contributed by atoms with Crippen molar-refractivity contribution < 1.29 is 15.0 Å². The van der Waals surface area contributed by atoms with E-state index >= 15 is 0 Å². The van der Waals surface area contributed by atoms with Crippen LogP contribution in [-0.2, 0) is 11.2 Å². The molecule has 0 aliphatic carbocycles. The molecule has 1 aromatic heterocycles. The molecule has 86 valence electrons. The second-order valence-electron chi connectivity index (χ2n) is 3.59. The molecule has 0 saturated heterocycles. The third kappa shape index (κ3) is 2.42. The van der Waals surface area contributed by atoms with Crippen molar-refractivity contribution in [1.29, 1.82) is 0 Å². The van der Waals surface area contributed by atoms with Gasteiger partial charge in [0.1, 0.15) is 5.75 Å². The molecule has 0 bridgehead atoms. The van der Waals surface area contributed by atoms with Crippen LogP contribution in [0.3, 0.4) is 0 Å². The van der Waals surface area contributed by atoms with Crippen LogP contribution in [0.2, 0.25) is 0 Å². The molecular formula is C13H11NO3. The van der Waals surface area contributed by atoms with Gasteiger partial charge in [0.2, 0.25) is 0 Å². The van der Waals surface area contributed by atoms with Crippen molar-refractivity contribution in [3.8, 4) is 16.9 Å². The number of hydrogen-bond acceptors (Lipinski definition) is 3. The molecule has 4 heteroatoms. The SMILES string of the molecule is O=C(O)Cc1nccc(-c2ccccc2)c1O. The summed E-state index contributed by atoms with van der Waals surface area (Å²) in [7, 11) is 0. The Morgan fingerprint density at radius 2 is 1.88 bits per heavy atom. The van der Waals surface area contributed by atoms with Gasteiger partial charge in [-0.25, -0.2) is 0 Å². The Bertz CT molecular complexity index is 538. The fourth-order valence-corrected chi connectivity index (χ4v) is 1.62. The Labute approximate surface area is 98.2 Å². The van der Waals surface area contributed by atoms with Gasteiger partial charge in [-0.3, -0.25) is 9.78 Å². The summed E-state index contributed by atoms with van der Waals surface area (Å²) >= 11 is 0. The second-order valence-corrected chi connectivity index (χ2v) is 3.59. The highest BCUT2D eigenvalue weighted by molar-refractivity contribution is 5.75. The minimum Gasteiger partial charge on any atom is -0.505 e. The minimum absolute atomic E-state index is 0.0684. The van der Waals surface area contributed by atoms with Crippen molar-refractivity contribution >= 4 is 5.97 Å². The quantitative estimate of drug-likeness (QED) is 0.845. The van der Waals surface area contributed by atoms with E-state index in [1.165, 1.54) is 6.20 Å². The van der Waals surface area contributed by atoms with Crippen molar-refractivity contribution in [3.63, 3.8) is 0 Å². The van der Waals surface area contributed by atoms with Gasteiger partial charge in [0.05, 0.1) is 12.1 Å². The number of rotatable bonds is 3. The summed E-state index contributed by atoms with van der Waals surface area (Å²) < 4.78 is 0. The van der Waals surface area contributed by atoms with E-state index < -0.39 is 5.97 Å². The molecule has 2 N–H and O–H groups in total. The number of carboxylic acids is 1. The predicted molar refractivity (Wildman–Crippen MR) is 62.7 cm³/mol. The summed E-state index contributed by atoms with van der Waals surface area (Å²) in [5.41, 5.74) is 1.61. The van der Waals surface area contributed by atoms with E-state index in [1.807, 2.05) is 30.3 Å². The number of aromatic nitrogens is 1. The van der Waals surface area contributed by atoms with Crippen LogP contribution in [0, 0.1) is 0 Å². The summed E-state index contributed by atoms with van der Waals surface area (Å²) in [5.74, 6) is -1.08. The van der Waals surface area contributed by atoms with E-state index in [-0.39, 0.29) is 17.9 Å². The molecule has 17 heavy (non-hydrogen) atoms. The van der Waals surface area contributed by atoms with Gasteiger partial charge in [-0.05, 0) is 11.6 Å². The Hall–Kier alpha value is -2.36. The van der Waals surface area contributed by atoms with Crippen LogP contribution in [0.5, 0.6) is 5.75 Å². The third-order valence-electron chi connectivity index (χ3n) is 2.40. The van der Waals surface area contributed by atoms with E-state index in [4.69, 9.17) is 5.11 Å². The number of pyridine rings is 1. The molecule has 2 aromatic rings. The molecular weight excluding hydrogens is 218 g/mol. The molecule has 0 aliphatic heterocycles. The van der Waals surface area contributed by atoms with E-state index in [9.17, 15) is 9.90 Å². The predicted octanol–water partition coefficient (Wildman–Crippen LogP) is 2.08. The van der Waals surface area contributed by atoms with E-state index in [0.717, 1.165) is 5.56 Å². The fraction of sp³-hybridized carbons (Fsp3) is 0.0769. The molecule has 0 amide bonds. The van der Waals surface area contributed by atoms with E-state index in [2.05, 4.69) is 4.98 Å². The van der Waals surface area contributed by atoms with Crippen LogP contribution < -0.4 is 0 Å². The van der Waals surface area contributed by atoms with Gasteiger partial charge in [-0.2, -0.15) is 0 Å². The van der Waals surface area contributed by atoms with Gasteiger partial charge in [0.25, 0.3) is 0 Å². The van der Waals surface area contributed by atoms with Crippen LogP contribution in [0.25, 0.3) is 11.1 Å². The number of aromatic hydroxyl groups is 1. The summed E-state index contributed by atoms with van der Waals surface area (Å²) in [6, 6.07) is 10.9. The molecule has 0 unspecified atom stereocenters. The average molecular weight is 229 g/mol. The first-order valence-electron chi connectivity index (χ1n) is 5.12. The van der Waals surface area contributed by atoms with Crippen LogP contribution in [0.1, 0.15) is 5.69 Å². The molecule has 0 fully saturated rings. The number of aliphatic carboxylic acids is 1. The van der Waals surface area contributed by atoms with Crippen molar-refractivity contribution in [3.05, 3.63) is 48.3 Å². The molecule has 0 radical (unpaired) electrons. The highest BCUT2D eigenvalue weighted by atomic mass is 16.4. The summed E-state index contributed by atoms with van der Waals surface area (Å²) in [4.78, 5) is 14.5. The van der Waals surface area contributed by atoms with Crippen LogP contribution in [0.15, 0.2) is 42.6 Å². The lowest BCUT2D eigenvalue weighted by Crippen LogP contribution is -2.02. The second kappa shape index (κ2) is 4.65. The largest absolute Gasteiger partial charge is 0.505 e.